The molecule has 1 heterocycles. The number of halogens is 1. The molecular weight excluding hydrogens is 383 g/mol. The Morgan fingerprint density at radius 1 is 1.29 bits per heavy atom. The number of ether oxygens (including phenoxy) is 1. The first-order valence-corrected chi connectivity index (χ1v) is 8.05. The molecule has 1 fully saturated rings. The zero-order chi connectivity index (χ0) is 15.2. The van der Waals surface area contributed by atoms with Gasteiger partial charge in [-0.3, -0.25) is 9.59 Å². The summed E-state index contributed by atoms with van der Waals surface area (Å²) < 4.78 is 6.63. The molecule has 0 aromatic heterocycles. The molecular formula is C15H19IN2O3. The number of amides is 2. The van der Waals surface area contributed by atoms with Gasteiger partial charge in [0.25, 0.3) is 5.91 Å². The number of hydrogen-bond acceptors (Lipinski definition) is 3. The van der Waals surface area contributed by atoms with Crippen molar-refractivity contribution in [1.82, 2.24) is 10.2 Å². The number of piperidine rings is 1. The minimum Gasteiger partial charge on any atom is -0.484 e. The zero-order valence-electron chi connectivity index (χ0n) is 12.0. The lowest BCUT2D eigenvalue weighted by molar-refractivity contribution is -0.137. The first-order chi connectivity index (χ1) is 10.1. The number of carbonyl (C=O) groups excluding carboxylic acids is 2. The Balaban J connectivity index is 1.77. The van der Waals surface area contributed by atoms with Crippen molar-refractivity contribution in [1.29, 1.82) is 0 Å². The number of rotatable bonds is 4. The molecule has 2 amide bonds. The predicted molar refractivity (Wildman–Crippen MR) is 88.0 cm³/mol. The van der Waals surface area contributed by atoms with Crippen molar-refractivity contribution >= 4 is 34.4 Å². The molecule has 1 aromatic carbocycles. The minimum absolute atomic E-state index is 0.0242. The average molecular weight is 402 g/mol. The Bertz CT molecular complexity index is 496. The molecule has 1 saturated heterocycles. The van der Waals surface area contributed by atoms with Gasteiger partial charge >= 0.3 is 0 Å². The molecule has 5 nitrogen and oxygen atoms in total. The number of likely N-dealkylation sites (tertiary alicyclic amines) is 1. The number of nitrogens with zero attached hydrogens (tertiary/aromatic N) is 1. The number of benzene rings is 1. The summed E-state index contributed by atoms with van der Waals surface area (Å²) in [5, 5.41) is 2.66. The van der Waals surface area contributed by atoms with E-state index in [0.717, 1.165) is 16.4 Å². The summed E-state index contributed by atoms with van der Waals surface area (Å²) in [5.41, 5.74) is 0. The van der Waals surface area contributed by atoms with Gasteiger partial charge in [0.2, 0.25) is 5.91 Å². The Morgan fingerprint density at radius 3 is 2.48 bits per heavy atom. The Hall–Kier alpha value is -1.31. The molecule has 0 bridgehead atoms. The second kappa shape index (κ2) is 7.63. The first kappa shape index (κ1) is 16.1. The molecule has 0 atom stereocenters. The van der Waals surface area contributed by atoms with E-state index in [0.29, 0.717) is 18.8 Å². The van der Waals surface area contributed by atoms with Crippen LogP contribution in [0.3, 0.4) is 0 Å². The van der Waals surface area contributed by atoms with Gasteiger partial charge in [0.05, 0.1) is 0 Å². The van der Waals surface area contributed by atoms with E-state index in [1.54, 1.807) is 11.9 Å². The molecule has 21 heavy (non-hydrogen) atoms. The van der Waals surface area contributed by atoms with E-state index in [2.05, 4.69) is 27.9 Å². The fourth-order valence-electron chi connectivity index (χ4n) is 2.36. The lowest BCUT2D eigenvalue weighted by Gasteiger charge is -2.31. The molecule has 0 unspecified atom stereocenters. The fourth-order valence-corrected chi connectivity index (χ4v) is 2.72. The van der Waals surface area contributed by atoms with E-state index in [9.17, 15) is 9.59 Å². The number of hydrogen-bond donors (Lipinski definition) is 1. The average Bonchev–Trinajstić information content (AvgIpc) is 2.53. The molecule has 114 valence electrons. The normalized spacial score (nSPS) is 15.6. The molecule has 2 rings (SSSR count). The van der Waals surface area contributed by atoms with Crippen LogP contribution in [0.15, 0.2) is 24.3 Å². The Labute approximate surface area is 138 Å². The van der Waals surface area contributed by atoms with Crippen LogP contribution in [0.1, 0.15) is 12.8 Å². The second-order valence-electron chi connectivity index (χ2n) is 5.01. The van der Waals surface area contributed by atoms with Gasteiger partial charge in [-0.2, -0.15) is 0 Å². The van der Waals surface area contributed by atoms with Gasteiger partial charge in [-0.15, -0.1) is 0 Å². The minimum atomic E-state index is -0.0242. The summed E-state index contributed by atoms with van der Waals surface area (Å²) in [4.78, 5) is 25.4. The molecule has 1 aromatic rings. The molecule has 0 radical (unpaired) electrons. The van der Waals surface area contributed by atoms with Gasteiger partial charge in [-0.1, -0.05) is 0 Å². The van der Waals surface area contributed by atoms with Crippen LogP contribution in [-0.4, -0.2) is 43.5 Å². The number of nitrogens with one attached hydrogen (secondary N) is 1. The van der Waals surface area contributed by atoms with Crippen molar-refractivity contribution in [2.75, 3.05) is 26.7 Å². The molecule has 0 spiro atoms. The van der Waals surface area contributed by atoms with E-state index >= 15 is 0 Å². The lowest BCUT2D eigenvalue weighted by atomic mass is 9.96. The van der Waals surface area contributed by atoms with Gasteiger partial charge in [-0.05, 0) is 59.7 Å². The van der Waals surface area contributed by atoms with Crippen LogP contribution in [-0.2, 0) is 9.59 Å². The van der Waals surface area contributed by atoms with E-state index in [1.807, 2.05) is 24.3 Å². The van der Waals surface area contributed by atoms with E-state index in [1.165, 1.54) is 0 Å². The van der Waals surface area contributed by atoms with Crippen molar-refractivity contribution in [2.45, 2.75) is 12.8 Å². The lowest BCUT2D eigenvalue weighted by Crippen LogP contribution is -2.44. The van der Waals surface area contributed by atoms with Gasteiger partial charge in [0.1, 0.15) is 5.75 Å². The largest absolute Gasteiger partial charge is 0.484 e. The van der Waals surface area contributed by atoms with Gasteiger partial charge < -0.3 is 15.0 Å². The summed E-state index contributed by atoms with van der Waals surface area (Å²) in [7, 11) is 1.65. The third kappa shape index (κ3) is 4.59. The van der Waals surface area contributed by atoms with Gasteiger partial charge in [0.15, 0.2) is 6.61 Å². The first-order valence-electron chi connectivity index (χ1n) is 6.98. The van der Waals surface area contributed by atoms with Crippen LogP contribution in [0.25, 0.3) is 0 Å². The summed E-state index contributed by atoms with van der Waals surface area (Å²) >= 11 is 2.22. The highest BCUT2D eigenvalue weighted by molar-refractivity contribution is 14.1. The fraction of sp³-hybridized carbons (Fsp3) is 0.467. The van der Waals surface area contributed by atoms with Crippen LogP contribution in [0.5, 0.6) is 5.75 Å². The summed E-state index contributed by atoms with van der Waals surface area (Å²) in [6.07, 6.45) is 1.43. The molecule has 1 aliphatic heterocycles. The van der Waals surface area contributed by atoms with Gasteiger partial charge in [-0.25, -0.2) is 0 Å². The smallest absolute Gasteiger partial charge is 0.260 e. The van der Waals surface area contributed by atoms with Crippen molar-refractivity contribution in [3.05, 3.63) is 27.8 Å². The SMILES string of the molecule is CNC(=O)C1CCN(C(=O)COc2ccc(I)cc2)CC1. The number of carbonyl (C=O) groups is 2. The van der Waals surface area contributed by atoms with Crippen LogP contribution in [0.2, 0.25) is 0 Å². The summed E-state index contributed by atoms with van der Waals surface area (Å²) in [5.74, 6) is 0.765. The summed E-state index contributed by atoms with van der Waals surface area (Å²) in [6, 6.07) is 7.59. The van der Waals surface area contributed by atoms with Crippen molar-refractivity contribution in [3.8, 4) is 5.75 Å². The topological polar surface area (TPSA) is 58.6 Å². The highest BCUT2D eigenvalue weighted by Gasteiger charge is 2.26. The standard InChI is InChI=1S/C15H19IN2O3/c1-17-15(20)11-6-8-18(9-7-11)14(19)10-21-13-4-2-12(16)3-5-13/h2-5,11H,6-10H2,1H3,(H,17,20). The van der Waals surface area contributed by atoms with Crippen molar-refractivity contribution < 1.29 is 14.3 Å². The predicted octanol–water partition coefficient (Wildman–Crippen LogP) is 1.65. The third-order valence-corrected chi connectivity index (χ3v) is 4.36. The maximum Gasteiger partial charge on any atom is 0.260 e. The van der Waals surface area contributed by atoms with E-state index in [4.69, 9.17) is 4.74 Å². The highest BCUT2D eigenvalue weighted by Crippen LogP contribution is 2.18. The molecule has 1 N–H and O–H groups in total. The molecule has 0 aliphatic carbocycles. The molecule has 1 aliphatic rings. The summed E-state index contributed by atoms with van der Waals surface area (Å²) in [6.45, 7) is 1.28. The molecule has 6 heteroatoms. The monoisotopic (exact) mass is 402 g/mol. The van der Waals surface area contributed by atoms with Gasteiger partial charge in [0, 0.05) is 29.6 Å². The Morgan fingerprint density at radius 2 is 1.90 bits per heavy atom. The second-order valence-corrected chi connectivity index (χ2v) is 6.26. The van der Waals surface area contributed by atoms with Crippen LogP contribution < -0.4 is 10.1 Å². The molecule has 0 saturated carbocycles. The maximum atomic E-state index is 12.1. The van der Waals surface area contributed by atoms with Crippen LogP contribution in [0, 0.1) is 9.49 Å². The van der Waals surface area contributed by atoms with E-state index in [-0.39, 0.29) is 24.3 Å². The quantitative estimate of drug-likeness (QED) is 0.780. The van der Waals surface area contributed by atoms with Crippen LogP contribution >= 0.6 is 22.6 Å². The maximum absolute atomic E-state index is 12.1. The highest BCUT2D eigenvalue weighted by atomic mass is 127. The van der Waals surface area contributed by atoms with E-state index < -0.39 is 0 Å². The third-order valence-electron chi connectivity index (χ3n) is 3.64. The zero-order valence-corrected chi connectivity index (χ0v) is 14.1. The van der Waals surface area contributed by atoms with Crippen LogP contribution in [0.4, 0.5) is 0 Å². The van der Waals surface area contributed by atoms with Crippen molar-refractivity contribution in [2.24, 2.45) is 5.92 Å². The Kier molecular flexibility index (Phi) is 5.84. The van der Waals surface area contributed by atoms with Crippen molar-refractivity contribution in [3.63, 3.8) is 0 Å².